The average molecular weight is 408 g/mol. The lowest BCUT2D eigenvalue weighted by atomic mass is 10.1. The number of hydrogen-bond donors (Lipinski definition) is 1. The van der Waals surface area contributed by atoms with E-state index in [1.807, 2.05) is 42.2 Å². The molecule has 1 fully saturated rings. The third kappa shape index (κ3) is 4.95. The Hall–Kier alpha value is -2.86. The molecule has 2 heterocycles. The fourth-order valence-electron chi connectivity index (χ4n) is 3.24. The summed E-state index contributed by atoms with van der Waals surface area (Å²) in [6.07, 6.45) is 1.89. The number of nitrogens with zero attached hydrogens (tertiary/aromatic N) is 2. The van der Waals surface area contributed by atoms with E-state index in [9.17, 15) is 9.18 Å². The molecule has 0 bridgehead atoms. The van der Waals surface area contributed by atoms with Crippen molar-refractivity contribution in [2.24, 2.45) is 0 Å². The molecule has 1 amide bonds. The monoisotopic (exact) mass is 407 g/mol. The van der Waals surface area contributed by atoms with Gasteiger partial charge in [0.15, 0.2) is 0 Å². The molecule has 1 aromatic heterocycles. The van der Waals surface area contributed by atoms with E-state index in [2.05, 4.69) is 27.3 Å². The molecule has 1 aliphatic heterocycles. The van der Waals surface area contributed by atoms with Gasteiger partial charge >= 0.3 is 0 Å². The summed E-state index contributed by atoms with van der Waals surface area (Å²) in [6, 6.07) is 17.7. The summed E-state index contributed by atoms with van der Waals surface area (Å²) in [5.41, 5.74) is 3.49. The lowest BCUT2D eigenvalue weighted by molar-refractivity contribution is 0.0951. The minimum absolute atomic E-state index is 0.155. The maximum absolute atomic E-state index is 13.0. The van der Waals surface area contributed by atoms with E-state index in [0.29, 0.717) is 12.1 Å². The van der Waals surface area contributed by atoms with Crippen LogP contribution >= 0.6 is 11.8 Å². The first-order chi connectivity index (χ1) is 14.2. The number of thioether (sulfide) groups is 1. The van der Waals surface area contributed by atoms with E-state index in [4.69, 9.17) is 0 Å². The first-order valence-corrected chi connectivity index (χ1v) is 10.8. The van der Waals surface area contributed by atoms with Crippen molar-refractivity contribution in [3.8, 4) is 11.1 Å². The van der Waals surface area contributed by atoms with Gasteiger partial charge in [-0.1, -0.05) is 24.3 Å². The number of nitrogens with one attached hydrogen (secondary N) is 1. The molecule has 29 heavy (non-hydrogen) atoms. The average Bonchev–Trinajstić information content (AvgIpc) is 2.79. The third-order valence-corrected chi connectivity index (χ3v) is 5.87. The number of amides is 1. The van der Waals surface area contributed by atoms with Gasteiger partial charge in [0, 0.05) is 48.5 Å². The number of halogens is 1. The largest absolute Gasteiger partial charge is 0.355 e. The van der Waals surface area contributed by atoms with Gasteiger partial charge in [-0.25, -0.2) is 9.37 Å². The van der Waals surface area contributed by atoms with Gasteiger partial charge in [-0.2, -0.15) is 11.8 Å². The molecule has 0 aliphatic carbocycles. The van der Waals surface area contributed by atoms with E-state index in [-0.39, 0.29) is 11.7 Å². The quantitative estimate of drug-likeness (QED) is 0.682. The zero-order chi connectivity index (χ0) is 20.1. The molecule has 1 saturated heterocycles. The van der Waals surface area contributed by atoms with Crippen LogP contribution in [0.5, 0.6) is 0 Å². The zero-order valence-corrected chi connectivity index (χ0v) is 16.8. The Morgan fingerprint density at radius 2 is 1.66 bits per heavy atom. The maximum Gasteiger partial charge on any atom is 0.251 e. The topological polar surface area (TPSA) is 45.2 Å². The van der Waals surface area contributed by atoms with Crippen molar-refractivity contribution in [1.82, 2.24) is 10.3 Å². The molecule has 6 heteroatoms. The molecule has 1 aliphatic rings. The van der Waals surface area contributed by atoms with Gasteiger partial charge in [0.25, 0.3) is 5.91 Å². The van der Waals surface area contributed by atoms with Gasteiger partial charge in [0.05, 0.1) is 0 Å². The molecule has 148 valence electrons. The highest BCUT2D eigenvalue weighted by Gasteiger charge is 2.12. The number of carbonyl (C=O) groups is 1. The molecule has 3 aromatic rings. The van der Waals surface area contributed by atoms with Crippen LogP contribution in [0.25, 0.3) is 11.1 Å². The summed E-state index contributed by atoms with van der Waals surface area (Å²) in [6.45, 7) is 2.44. The van der Waals surface area contributed by atoms with Gasteiger partial charge in [-0.15, -0.1) is 0 Å². The fraction of sp³-hybridized carbons (Fsp3) is 0.217. The molecule has 4 rings (SSSR count). The van der Waals surface area contributed by atoms with Crippen LogP contribution < -0.4 is 10.2 Å². The van der Waals surface area contributed by atoms with Crippen molar-refractivity contribution in [2.75, 3.05) is 29.5 Å². The number of pyridine rings is 1. The second-order valence-corrected chi connectivity index (χ2v) is 8.12. The van der Waals surface area contributed by atoms with Crippen LogP contribution in [0.3, 0.4) is 0 Å². The van der Waals surface area contributed by atoms with Crippen molar-refractivity contribution >= 4 is 23.5 Å². The highest BCUT2D eigenvalue weighted by molar-refractivity contribution is 7.99. The second-order valence-electron chi connectivity index (χ2n) is 6.89. The van der Waals surface area contributed by atoms with E-state index >= 15 is 0 Å². The predicted octanol–water partition coefficient (Wildman–Crippen LogP) is 4.37. The Bertz CT molecular complexity index is 953. The van der Waals surface area contributed by atoms with Crippen LogP contribution in [0.15, 0.2) is 66.9 Å². The lowest BCUT2D eigenvalue weighted by Gasteiger charge is -2.27. The highest BCUT2D eigenvalue weighted by atomic mass is 32.2. The summed E-state index contributed by atoms with van der Waals surface area (Å²) in [4.78, 5) is 19.3. The molecule has 4 nitrogen and oxygen atoms in total. The molecular formula is C23H22FN3OS. The SMILES string of the molecule is O=C(NCc1ccc(F)cc1)c1ccc(-c2ccc(N3CCSCC3)nc2)cc1. The van der Waals surface area contributed by atoms with Gasteiger partial charge in [0.1, 0.15) is 11.6 Å². The van der Waals surface area contributed by atoms with E-state index in [0.717, 1.165) is 47.1 Å². The number of carbonyl (C=O) groups excluding carboxylic acids is 1. The second kappa shape index (κ2) is 9.09. The van der Waals surface area contributed by atoms with Gasteiger partial charge < -0.3 is 10.2 Å². The standard InChI is InChI=1S/C23H22FN3OS/c24-21-8-1-17(2-9-21)15-26-23(28)19-5-3-18(4-6-19)20-7-10-22(25-16-20)27-11-13-29-14-12-27/h1-10,16H,11-15H2,(H,26,28). The van der Waals surface area contributed by atoms with Crippen LogP contribution in [0, 0.1) is 5.82 Å². The van der Waals surface area contributed by atoms with Crippen molar-refractivity contribution < 1.29 is 9.18 Å². The number of aromatic nitrogens is 1. The predicted molar refractivity (Wildman–Crippen MR) is 117 cm³/mol. The summed E-state index contributed by atoms with van der Waals surface area (Å²) >= 11 is 1.98. The number of anilines is 1. The van der Waals surface area contributed by atoms with Crippen molar-refractivity contribution in [3.05, 3.63) is 83.8 Å². The molecule has 0 unspecified atom stereocenters. The summed E-state index contributed by atoms with van der Waals surface area (Å²) in [7, 11) is 0. The summed E-state index contributed by atoms with van der Waals surface area (Å²) in [5.74, 6) is 2.87. The molecule has 0 spiro atoms. The molecule has 0 saturated carbocycles. The van der Waals surface area contributed by atoms with Crippen LogP contribution in [-0.2, 0) is 6.54 Å². The van der Waals surface area contributed by atoms with Gasteiger partial charge in [-0.05, 0) is 47.5 Å². The normalized spacial score (nSPS) is 13.9. The van der Waals surface area contributed by atoms with Crippen molar-refractivity contribution in [3.63, 3.8) is 0 Å². The summed E-state index contributed by atoms with van der Waals surface area (Å²) < 4.78 is 13.0. The Morgan fingerprint density at radius 3 is 2.31 bits per heavy atom. The number of rotatable bonds is 5. The van der Waals surface area contributed by atoms with Crippen LogP contribution in [0.4, 0.5) is 10.2 Å². The number of hydrogen-bond acceptors (Lipinski definition) is 4. The molecule has 0 radical (unpaired) electrons. The Kier molecular flexibility index (Phi) is 6.10. The minimum atomic E-state index is -0.284. The zero-order valence-electron chi connectivity index (χ0n) is 16.0. The smallest absolute Gasteiger partial charge is 0.251 e. The van der Waals surface area contributed by atoms with Crippen LogP contribution in [0.1, 0.15) is 15.9 Å². The Labute approximate surface area is 174 Å². The Balaban J connectivity index is 1.38. The molecule has 2 aromatic carbocycles. The third-order valence-electron chi connectivity index (χ3n) is 4.93. The van der Waals surface area contributed by atoms with Crippen molar-refractivity contribution in [2.45, 2.75) is 6.54 Å². The molecule has 0 atom stereocenters. The van der Waals surface area contributed by atoms with E-state index in [1.165, 1.54) is 12.1 Å². The Morgan fingerprint density at radius 1 is 0.966 bits per heavy atom. The first-order valence-electron chi connectivity index (χ1n) is 9.61. The van der Waals surface area contributed by atoms with Crippen molar-refractivity contribution in [1.29, 1.82) is 0 Å². The van der Waals surface area contributed by atoms with E-state index in [1.54, 1.807) is 12.1 Å². The highest BCUT2D eigenvalue weighted by Crippen LogP contribution is 2.23. The van der Waals surface area contributed by atoms with Gasteiger partial charge in [0.2, 0.25) is 0 Å². The number of benzene rings is 2. The van der Waals surface area contributed by atoms with E-state index < -0.39 is 0 Å². The maximum atomic E-state index is 13.0. The molecule has 1 N–H and O–H groups in total. The lowest BCUT2D eigenvalue weighted by Crippen LogP contribution is -2.32. The van der Waals surface area contributed by atoms with Gasteiger partial charge in [-0.3, -0.25) is 4.79 Å². The fourth-order valence-corrected chi connectivity index (χ4v) is 4.14. The molecular weight excluding hydrogens is 385 g/mol. The van der Waals surface area contributed by atoms with Crippen LogP contribution in [0.2, 0.25) is 0 Å². The first kappa shape index (κ1) is 19.5. The minimum Gasteiger partial charge on any atom is -0.355 e. The van der Waals surface area contributed by atoms with Crippen LogP contribution in [-0.4, -0.2) is 35.5 Å². The summed E-state index contributed by atoms with van der Waals surface area (Å²) in [5, 5.41) is 2.86.